The van der Waals surface area contributed by atoms with E-state index in [9.17, 15) is 13.6 Å². The van der Waals surface area contributed by atoms with Crippen LogP contribution in [0.15, 0.2) is 54.7 Å². The molecular formula is C27H24Cl2F2N2O2. The molecule has 0 unspecified atom stereocenters. The third kappa shape index (κ3) is 5.00. The van der Waals surface area contributed by atoms with Crippen LogP contribution in [0.1, 0.15) is 25.0 Å². The summed E-state index contributed by atoms with van der Waals surface area (Å²) in [5.41, 5.74) is 2.53. The molecule has 182 valence electrons. The van der Waals surface area contributed by atoms with Crippen LogP contribution in [0.2, 0.25) is 10.0 Å². The van der Waals surface area contributed by atoms with Crippen molar-refractivity contribution in [1.82, 2.24) is 9.47 Å². The van der Waals surface area contributed by atoms with Crippen molar-refractivity contribution in [1.29, 1.82) is 0 Å². The van der Waals surface area contributed by atoms with Crippen LogP contribution in [0, 0.1) is 18.6 Å². The molecule has 1 aromatic heterocycles. The van der Waals surface area contributed by atoms with Crippen LogP contribution >= 0.6 is 23.2 Å². The van der Waals surface area contributed by atoms with E-state index in [0.29, 0.717) is 40.0 Å². The lowest BCUT2D eigenvalue weighted by Crippen LogP contribution is -2.33. The molecule has 4 rings (SSSR count). The molecule has 1 heterocycles. The highest BCUT2D eigenvalue weighted by atomic mass is 35.5. The van der Waals surface area contributed by atoms with Gasteiger partial charge < -0.3 is 14.2 Å². The van der Waals surface area contributed by atoms with Crippen LogP contribution in [0.5, 0.6) is 5.75 Å². The Hall–Kier alpha value is -3.09. The zero-order valence-corrected chi connectivity index (χ0v) is 21.1. The number of fused-ring (bicyclic) bond motifs is 1. The minimum atomic E-state index is -0.863. The van der Waals surface area contributed by atoms with Crippen molar-refractivity contribution in [2.45, 2.75) is 27.3 Å². The van der Waals surface area contributed by atoms with E-state index in [1.807, 2.05) is 24.5 Å². The number of carbonyl (C=O) groups excluding carboxylic acids is 1. The third-order valence-corrected chi connectivity index (χ3v) is 6.42. The molecule has 1 amide bonds. The quantitative estimate of drug-likeness (QED) is 0.259. The highest BCUT2D eigenvalue weighted by Gasteiger charge is 2.20. The molecule has 0 aliphatic heterocycles. The number of aryl methyl sites for hydroxylation is 1. The van der Waals surface area contributed by atoms with E-state index in [2.05, 4.69) is 0 Å². The van der Waals surface area contributed by atoms with Crippen LogP contribution < -0.4 is 4.74 Å². The number of amides is 1. The van der Waals surface area contributed by atoms with E-state index in [0.717, 1.165) is 10.9 Å². The van der Waals surface area contributed by atoms with Gasteiger partial charge in [0.25, 0.3) is 0 Å². The predicted molar refractivity (Wildman–Crippen MR) is 137 cm³/mol. The Kier molecular flexibility index (Phi) is 7.33. The van der Waals surface area contributed by atoms with Gasteiger partial charge in [0.05, 0.1) is 6.54 Å². The zero-order valence-electron chi connectivity index (χ0n) is 19.5. The van der Waals surface area contributed by atoms with Gasteiger partial charge in [-0.15, -0.1) is 0 Å². The molecule has 0 N–H and O–H groups in total. The molecule has 0 aliphatic carbocycles. The minimum absolute atomic E-state index is 0.126. The molecule has 8 heteroatoms. The fourth-order valence-corrected chi connectivity index (χ4v) is 4.63. The summed E-state index contributed by atoms with van der Waals surface area (Å²) < 4.78 is 36.3. The van der Waals surface area contributed by atoms with Crippen molar-refractivity contribution in [3.63, 3.8) is 0 Å². The van der Waals surface area contributed by atoms with E-state index in [4.69, 9.17) is 27.9 Å². The van der Waals surface area contributed by atoms with Gasteiger partial charge in [-0.25, -0.2) is 13.6 Å². The largest absolute Gasteiger partial charge is 0.415 e. The highest BCUT2D eigenvalue weighted by Crippen LogP contribution is 2.40. The van der Waals surface area contributed by atoms with E-state index in [1.165, 1.54) is 6.92 Å². The number of carbonyl (C=O) groups is 1. The zero-order chi connectivity index (χ0) is 25.3. The van der Waals surface area contributed by atoms with Gasteiger partial charge >= 0.3 is 6.09 Å². The molecule has 35 heavy (non-hydrogen) atoms. The summed E-state index contributed by atoms with van der Waals surface area (Å²) in [7, 11) is 0. The van der Waals surface area contributed by atoms with Gasteiger partial charge in [0.15, 0.2) is 11.6 Å². The van der Waals surface area contributed by atoms with Gasteiger partial charge in [0.2, 0.25) is 0 Å². The van der Waals surface area contributed by atoms with Gasteiger partial charge in [0, 0.05) is 51.4 Å². The number of ether oxygens (including phenoxy) is 1. The Morgan fingerprint density at radius 1 is 0.971 bits per heavy atom. The first-order valence-corrected chi connectivity index (χ1v) is 12.0. The van der Waals surface area contributed by atoms with Crippen LogP contribution in [0.3, 0.4) is 0 Å². The first kappa shape index (κ1) is 25.0. The van der Waals surface area contributed by atoms with Crippen LogP contribution in [-0.4, -0.2) is 28.6 Å². The number of benzene rings is 3. The number of hydrogen-bond donors (Lipinski definition) is 0. The first-order chi connectivity index (χ1) is 16.7. The van der Waals surface area contributed by atoms with Crippen LogP contribution in [-0.2, 0) is 6.54 Å². The molecule has 0 fully saturated rings. The van der Waals surface area contributed by atoms with Crippen molar-refractivity contribution >= 4 is 40.2 Å². The Morgan fingerprint density at radius 3 is 2.31 bits per heavy atom. The number of nitrogens with zero attached hydrogens (tertiary/aromatic N) is 2. The summed E-state index contributed by atoms with van der Waals surface area (Å²) >= 11 is 12.6. The maximum Gasteiger partial charge on any atom is 0.415 e. The van der Waals surface area contributed by atoms with E-state index in [1.54, 1.807) is 53.6 Å². The molecule has 0 radical (unpaired) electrons. The molecule has 0 saturated carbocycles. The second-order valence-electron chi connectivity index (χ2n) is 8.18. The molecule has 4 nitrogen and oxygen atoms in total. The number of rotatable bonds is 6. The smallest absolute Gasteiger partial charge is 0.410 e. The lowest BCUT2D eigenvalue weighted by atomic mass is 10.0. The van der Waals surface area contributed by atoms with Gasteiger partial charge in [0.1, 0.15) is 5.75 Å². The topological polar surface area (TPSA) is 34.5 Å². The summed E-state index contributed by atoms with van der Waals surface area (Å²) in [4.78, 5) is 14.3. The summed E-state index contributed by atoms with van der Waals surface area (Å²) in [5, 5.41) is 1.62. The molecule has 4 aromatic rings. The maximum absolute atomic E-state index is 14.6. The molecule has 3 aromatic carbocycles. The molecule has 0 spiro atoms. The Balaban J connectivity index is 1.86. The minimum Gasteiger partial charge on any atom is -0.410 e. The first-order valence-electron chi connectivity index (χ1n) is 11.2. The van der Waals surface area contributed by atoms with Gasteiger partial charge in [-0.2, -0.15) is 0 Å². The standard InChI is InChI=1S/C27H24Cl2F2N2O2/c1-4-32(5-2)27(34)35-23-9-8-22-21(24(23)18-12-19(28)14-20(29)13-18)10-11-33(22)15-17-7-6-16(3)25(30)26(17)31/h6-14H,4-5,15H2,1-3H3. The van der Waals surface area contributed by atoms with Gasteiger partial charge in [-0.05, 0) is 68.3 Å². The van der Waals surface area contributed by atoms with Crippen molar-refractivity contribution in [2.75, 3.05) is 13.1 Å². The predicted octanol–water partition coefficient (Wildman–Crippen LogP) is 8.09. The van der Waals surface area contributed by atoms with Gasteiger partial charge in [-0.3, -0.25) is 0 Å². The van der Waals surface area contributed by atoms with Crippen molar-refractivity contribution < 1.29 is 18.3 Å². The molecule has 0 aliphatic rings. The molecule has 0 bridgehead atoms. The molecule has 0 saturated heterocycles. The highest BCUT2D eigenvalue weighted by molar-refractivity contribution is 6.35. The number of hydrogen-bond acceptors (Lipinski definition) is 2. The normalized spacial score (nSPS) is 11.2. The summed E-state index contributed by atoms with van der Waals surface area (Å²) in [6, 6.07) is 13.6. The molecule has 0 atom stereocenters. The van der Waals surface area contributed by atoms with Crippen molar-refractivity contribution in [3.8, 4) is 16.9 Å². The number of aromatic nitrogens is 1. The number of halogens is 4. The fourth-order valence-electron chi connectivity index (χ4n) is 4.10. The van der Waals surface area contributed by atoms with Gasteiger partial charge in [-0.1, -0.05) is 35.3 Å². The fraction of sp³-hybridized carbons (Fsp3) is 0.222. The monoisotopic (exact) mass is 516 g/mol. The van der Waals surface area contributed by atoms with E-state index < -0.39 is 17.7 Å². The van der Waals surface area contributed by atoms with E-state index >= 15 is 0 Å². The average Bonchev–Trinajstić information content (AvgIpc) is 3.22. The average molecular weight is 517 g/mol. The third-order valence-electron chi connectivity index (χ3n) is 5.98. The Labute approximate surface area is 212 Å². The lowest BCUT2D eigenvalue weighted by Gasteiger charge is -2.20. The molecular weight excluding hydrogens is 493 g/mol. The summed E-state index contributed by atoms with van der Waals surface area (Å²) in [5.74, 6) is -1.37. The van der Waals surface area contributed by atoms with Crippen molar-refractivity contribution in [3.05, 3.63) is 87.5 Å². The maximum atomic E-state index is 14.6. The van der Waals surface area contributed by atoms with E-state index in [-0.39, 0.29) is 17.7 Å². The second-order valence-corrected chi connectivity index (χ2v) is 9.06. The van der Waals surface area contributed by atoms with Crippen LogP contribution in [0.4, 0.5) is 13.6 Å². The SMILES string of the molecule is CCN(CC)C(=O)Oc1ccc2c(ccn2Cc2ccc(C)c(F)c2F)c1-c1cc(Cl)cc(Cl)c1. The summed E-state index contributed by atoms with van der Waals surface area (Å²) in [6.07, 6.45) is 1.31. The Bertz CT molecular complexity index is 1390. The van der Waals surface area contributed by atoms with Crippen LogP contribution in [0.25, 0.3) is 22.0 Å². The second kappa shape index (κ2) is 10.3. The summed E-state index contributed by atoms with van der Waals surface area (Å²) in [6.45, 7) is 6.41. The van der Waals surface area contributed by atoms with Crippen molar-refractivity contribution in [2.24, 2.45) is 0 Å². The lowest BCUT2D eigenvalue weighted by molar-refractivity contribution is 0.157. The Morgan fingerprint density at radius 2 is 1.66 bits per heavy atom.